The van der Waals surface area contributed by atoms with Gasteiger partial charge in [0.15, 0.2) is 0 Å². The van der Waals surface area contributed by atoms with Gasteiger partial charge in [0.1, 0.15) is 12.4 Å². The quantitative estimate of drug-likeness (QED) is 0.880. The SMILES string of the molecule is O=C1CCCN1NCc1ccc(OCc2ccc(Cl)cc2)cc1. The molecule has 0 bridgehead atoms. The van der Waals surface area contributed by atoms with Crippen molar-refractivity contribution in [2.45, 2.75) is 26.0 Å². The molecule has 1 aliphatic rings. The van der Waals surface area contributed by atoms with Gasteiger partial charge in [-0.3, -0.25) is 9.80 Å². The monoisotopic (exact) mass is 330 g/mol. The van der Waals surface area contributed by atoms with E-state index in [1.165, 1.54) is 0 Å². The number of amides is 1. The first-order valence-corrected chi connectivity index (χ1v) is 8.08. The van der Waals surface area contributed by atoms with E-state index in [1.807, 2.05) is 48.5 Å². The number of carbonyl (C=O) groups excluding carboxylic acids is 1. The van der Waals surface area contributed by atoms with Gasteiger partial charge in [0.25, 0.3) is 0 Å². The fraction of sp³-hybridized carbons (Fsp3) is 0.278. The van der Waals surface area contributed by atoms with E-state index in [1.54, 1.807) is 5.01 Å². The zero-order valence-electron chi connectivity index (χ0n) is 12.8. The van der Waals surface area contributed by atoms with E-state index in [4.69, 9.17) is 16.3 Å². The molecule has 2 aromatic rings. The minimum atomic E-state index is 0.174. The Balaban J connectivity index is 1.48. The molecule has 1 fully saturated rings. The third-order valence-electron chi connectivity index (χ3n) is 3.79. The molecular weight excluding hydrogens is 312 g/mol. The highest BCUT2D eigenvalue weighted by Gasteiger charge is 2.19. The van der Waals surface area contributed by atoms with Crippen LogP contribution in [0.5, 0.6) is 5.75 Å². The van der Waals surface area contributed by atoms with E-state index < -0.39 is 0 Å². The Labute approximate surface area is 141 Å². The summed E-state index contributed by atoms with van der Waals surface area (Å²) in [6.07, 6.45) is 1.58. The lowest BCUT2D eigenvalue weighted by atomic mass is 10.2. The van der Waals surface area contributed by atoms with E-state index in [-0.39, 0.29) is 5.91 Å². The molecule has 0 saturated carbocycles. The van der Waals surface area contributed by atoms with Gasteiger partial charge in [-0.2, -0.15) is 0 Å². The molecule has 0 aliphatic carbocycles. The summed E-state index contributed by atoms with van der Waals surface area (Å²) in [5.41, 5.74) is 5.35. The van der Waals surface area contributed by atoms with Crippen molar-refractivity contribution < 1.29 is 9.53 Å². The number of rotatable bonds is 6. The standard InChI is InChI=1S/C18H19ClN2O2/c19-16-7-3-15(4-8-16)13-23-17-9-5-14(6-10-17)12-20-21-11-1-2-18(21)22/h3-10,20H,1-2,11-13H2. The lowest BCUT2D eigenvalue weighted by molar-refractivity contribution is -0.130. The first-order chi connectivity index (χ1) is 11.2. The molecule has 1 N–H and O–H groups in total. The highest BCUT2D eigenvalue weighted by molar-refractivity contribution is 6.30. The first-order valence-electron chi connectivity index (χ1n) is 7.71. The van der Waals surface area contributed by atoms with Crippen LogP contribution >= 0.6 is 11.6 Å². The fourth-order valence-electron chi connectivity index (χ4n) is 2.45. The maximum absolute atomic E-state index is 11.5. The summed E-state index contributed by atoms with van der Waals surface area (Å²) < 4.78 is 5.75. The van der Waals surface area contributed by atoms with Crippen LogP contribution in [0, 0.1) is 0 Å². The van der Waals surface area contributed by atoms with Gasteiger partial charge in [0.05, 0.1) is 0 Å². The van der Waals surface area contributed by atoms with Crippen LogP contribution in [0.4, 0.5) is 0 Å². The molecule has 1 amide bonds. The third kappa shape index (κ3) is 4.47. The molecule has 1 saturated heterocycles. The molecule has 0 radical (unpaired) electrons. The van der Waals surface area contributed by atoms with E-state index >= 15 is 0 Å². The molecule has 23 heavy (non-hydrogen) atoms. The van der Waals surface area contributed by atoms with Crippen molar-refractivity contribution in [1.29, 1.82) is 0 Å². The Morgan fingerprint density at radius 3 is 2.39 bits per heavy atom. The molecule has 1 heterocycles. The predicted molar refractivity (Wildman–Crippen MR) is 90.0 cm³/mol. The Morgan fingerprint density at radius 1 is 1.04 bits per heavy atom. The summed E-state index contributed by atoms with van der Waals surface area (Å²) in [6.45, 7) is 1.95. The summed E-state index contributed by atoms with van der Waals surface area (Å²) in [7, 11) is 0. The number of nitrogens with one attached hydrogen (secondary N) is 1. The van der Waals surface area contributed by atoms with Crippen LogP contribution in [0.2, 0.25) is 5.02 Å². The zero-order chi connectivity index (χ0) is 16.1. The number of halogens is 1. The number of benzene rings is 2. The molecular formula is C18H19ClN2O2. The van der Waals surface area contributed by atoms with Crippen molar-refractivity contribution in [1.82, 2.24) is 10.4 Å². The second kappa shape index (κ2) is 7.49. The van der Waals surface area contributed by atoms with Crippen molar-refractivity contribution >= 4 is 17.5 Å². The summed E-state index contributed by atoms with van der Waals surface area (Å²) >= 11 is 5.86. The van der Waals surface area contributed by atoms with Gasteiger partial charge >= 0.3 is 0 Å². The van der Waals surface area contributed by atoms with Crippen LogP contribution in [0.3, 0.4) is 0 Å². The molecule has 0 unspecified atom stereocenters. The average Bonchev–Trinajstić information content (AvgIpc) is 2.98. The summed E-state index contributed by atoms with van der Waals surface area (Å²) in [4.78, 5) is 11.5. The Kier molecular flexibility index (Phi) is 5.16. The Morgan fingerprint density at radius 2 is 1.74 bits per heavy atom. The summed E-state index contributed by atoms with van der Waals surface area (Å²) in [5, 5.41) is 2.42. The van der Waals surface area contributed by atoms with Gasteiger partial charge in [0.2, 0.25) is 5.91 Å². The van der Waals surface area contributed by atoms with E-state index in [2.05, 4.69) is 5.43 Å². The van der Waals surface area contributed by atoms with Crippen molar-refractivity contribution in [2.75, 3.05) is 6.54 Å². The normalized spacial score (nSPS) is 14.3. The minimum absolute atomic E-state index is 0.174. The lowest BCUT2D eigenvalue weighted by Crippen LogP contribution is -2.38. The van der Waals surface area contributed by atoms with Crippen molar-refractivity contribution in [2.24, 2.45) is 0 Å². The topological polar surface area (TPSA) is 41.6 Å². The van der Waals surface area contributed by atoms with E-state index in [0.29, 0.717) is 19.6 Å². The van der Waals surface area contributed by atoms with Crippen molar-refractivity contribution in [3.63, 3.8) is 0 Å². The number of ether oxygens (including phenoxy) is 1. The van der Waals surface area contributed by atoms with Gasteiger partial charge in [-0.15, -0.1) is 0 Å². The van der Waals surface area contributed by atoms with E-state index in [9.17, 15) is 4.79 Å². The van der Waals surface area contributed by atoms with E-state index in [0.717, 1.165) is 34.9 Å². The Bertz CT molecular complexity index is 656. The molecule has 4 nitrogen and oxygen atoms in total. The molecule has 5 heteroatoms. The molecule has 120 valence electrons. The van der Waals surface area contributed by atoms with Crippen LogP contribution in [-0.2, 0) is 17.9 Å². The van der Waals surface area contributed by atoms with Crippen LogP contribution in [0.25, 0.3) is 0 Å². The maximum atomic E-state index is 11.5. The molecule has 2 aromatic carbocycles. The predicted octanol–water partition coefficient (Wildman–Crippen LogP) is 3.55. The number of hydrogen-bond acceptors (Lipinski definition) is 3. The fourth-order valence-corrected chi connectivity index (χ4v) is 2.58. The summed E-state index contributed by atoms with van der Waals surface area (Å²) in [6, 6.07) is 15.5. The van der Waals surface area contributed by atoms with Gasteiger partial charge < -0.3 is 4.74 Å². The first kappa shape index (κ1) is 15.8. The molecule has 0 aromatic heterocycles. The van der Waals surface area contributed by atoms with Crippen molar-refractivity contribution in [3.8, 4) is 5.75 Å². The molecule has 3 rings (SSSR count). The third-order valence-corrected chi connectivity index (χ3v) is 4.04. The van der Waals surface area contributed by atoms with Gasteiger partial charge in [-0.25, -0.2) is 5.43 Å². The smallest absolute Gasteiger partial charge is 0.236 e. The van der Waals surface area contributed by atoms with Gasteiger partial charge in [0, 0.05) is 24.5 Å². The van der Waals surface area contributed by atoms with Crippen LogP contribution in [0.15, 0.2) is 48.5 Å². The lowest BCUT2D eigenvalue weighted by Gasteiger charge is -2.17. The molecule has 1 aliphatic heterocycles. The Hall–Kier alpha value is -2.04. The highest BCUT2D eigenvalue weighted by Crippen LogP contribution is 2.16. The van der Waals surface area contributed by atoms with Crippen LogP contribution in [0.1, 0.15) is 24.0 Å². The maximum Gasteiger partial charge on any atom is 0.236 e. The molecule has 0 atom stereocenters. The largest absolute Gasteiger partial charge is 0.489 e. The van der Waals surface area contributed by atoms with Crippen LogP contribution in [-0.4, -0.2) is 17.5 Å². The number of hydrazine groups is 1. The average molecular weight is 331 g/mol. The highest BCUT2D eigenvalue weighted by atomic mass is 35.5. The van der Waals surface area contributed by atoms with Gasteiger partial charge in [-0.1, -0.05) is 35.9 Å². The number of nitrogens with zero attached hydrogens (tertiary/aromatic N) is 1. The molecule has 0 spiro atoms. The van der Waals surface area contributed by atoms with Crippen LogP contribution < -0.4 is 10.2 Å². The van der Waals surface area contributed by atoms with Gasteiger partial charge in [-0.05, 0) is 41.8 Å². The second-order valence-corrected chi connectivity index (χ2v) is 5.98. The van der Waals surface area contributed by atoms with Crippen molar-refractivity contribution in [3.05, 3.63) is 64.7 Å². The summed E-state index contributed by atoms with van der Waals surface area (Å²) in [5.74, 6) is 0.994. The second-order valence-electron chi connectivity index (χ2n) is 5.54. The zero-order valence-corrected chi connectivity index (χ0v) is 13.6. The number of hydrogen-bond donors (Lipinski definition) is 1. The minimum Gasteiger partial charge on any atom is -0.489 e. The number of carbonyl (C=O) groups is 1.